The van der Waals surface area contributed by atoms with Crippen LogP contribution >= 0.6 is 0 Å². The van der Waals surface area contributed by atoms with Crippen LogP contribution in [0.3, 0.4) is 0 Å². The summed E-state index contributed by atoms with van der Waals surface area (Å²) in [6.07, 6.45) is 4.77. The molecule has 0 heterocycles. The Kier molecular flexibility index (Phi) is 10.1. The Hall–Kier alpha value is -2.16. The van der Waals surface area contributed by atoms with Gasteiger partial charge in [-0.05, 0) is 63.9 Å². The first-order valence-corrected chi connectivity index (χ1v) is 17.4. The third-order valence-corrected chi connectivity index (χ3v) is 15.9. The number of rotatable bonds is 12. The van der Waals surface area contributed by atoms with Crippen LogP contribution in [0, 0.1) is 0 Å². The second kappa shape index (κ2) is 12.2. The lowest BCUT2D eigenvalue weighted by Crippen LogP contribution is -2.66. The molecule has 0 aromatic heterocycles. The van der Waals surface area contributed by atoms with Gasteiger partial charge in [-0.25, -0.2) is 0 Å². The molecule has 2 aromatic carbocycles. The normalized spacial score (nSPS) is 13.4. The molecular weight excluding hydrogens is 466 g/mol. The number of hydrogen-bond donors (Lipinski definition) is 1. The van der Waals surface area contributed by atoms with Gasteiger partial charge in [0, 0.05) is 11.5 Å². The Morgan fingerprint density at radius 1 is 0.971 bits per heavy atom. The minimum atomic E-state index is -2.64. The zero-order valence-electron chi connectivity index (χ0n) is 22.6. The maximum Gasteiger partial charge on any atom is 0.261 e. The number of azide groups is 1. The van der Waals surface area contributed by atoms with Gasteiger partial charge in [0.25, 0.3) is 8.32 Å². The lowest BCUT2D eigenvalue weighted by molar-refractivity contribution is 0.323. The van der Waals surface area contributed by atoms with E-state index >= 15 is 0 Å². The van der Waals surface area contributed by atoms with Crippen LogP contribution in [0.25, 0.3) is 10.4 Å². The van der Waals surface area contributed by atoms with Crippen molar-refractivity contribution >= 4 is 27.0 Å². The monoisotopic (exact) mass is 509 g/mol. The molecule has 0 spiro atoms. The van der Waals surface area contributed by atoms with Gasteiger partial charge < -0.3 is 9.22 Å². The van der Waals surface area contributed by atoms with Gasteiger partial charge in [0.1, 0.15) is 0 Å². The second-order valence-corrected chi connectivity index (χ2v) is 20.3. The van der Waals surface area contributed by atoms with E-state index in [0.717, 1.165) is 24.8 Å². The third kappa shape index (κ3) is 7.42. The third-order valence-electron chi connectivity index (χ3n) is 7.37. The number of benzene rings is 2. The molecule has 190 valence electrons. The Morgan fingerprint density at radius 2 is 1.49 bits per heavy atom. The van der Waals surface area contributed by atoms with Crippen molar-refractivity contribution in [3.63, 3.8) is 0 Å². The molecule has 0 saturated heterocycles. The highest BCUT2D eigenvalue weighted by Crippen LogP contribution is 2.41. The maximum absolute atomic E-state index is 10.7. The fraction of sp³-hybridized carbons (Fsp3) is 0.500. The Bertz CT molecular complexity index is 964. The van der Waals surface area contributed by atoms with Crippen molar-refractivity contribution in [2.75, 3.05) is 13.2 Å². The first-order valence-electron chi connectivity index (χ1n) is 12.5. The zero-order valence-corrected chi connectivity index (χ0v) is 24.6. The van der Waals surface area contributed by atoms with Gasteiger partial charge in [-0.2, -0.15) is 0 Å². The Morgan fingerprint density at radius 3 is 1.91 bits per heavy atom. The molecule has 0 aliphatic carbocycles. The molecule has 5 nitrogen and oxygen atoms in total. The summed E-state index contributed by atoms with van der Waals surface area (Å²) in [4.78, 5) is 13.6. The number of hydrogen-bond acceptors (Lipinski definition) is 3. The van der Waals surface area contributed by atoms with Gasteiger partial charge in [0.05, 0.1) is 6.61 Å². The SMILES string of the molecule is CC(C)(CCC/C(=C\CN=[N+]=[N-])CO[Si](c1ccccc1)(c1ccccc1)C(C)(C)C)[Si](C)(C)O. The van der Waals surface area contributed by atoms with Crippen LogP contribution in [0.4, 0.5) is 0 Å². The molecule has 0 saturated carbocycles. The average Bonchev–Trinajstić information content (AvgIpc) is 2.79. The van der Waals surface area contributed by atoms with Crippen LogP contribution in [-0.4, -0.2) is 34.6 Å². The van der Waals surface area contributed by atoms with E-state index in [4.69, 9.17) is 9.96 Å². The summed E-state index contributed by atoms with van der Waals surface area (Å²) in [7, 11) is -4.90. The van der Waals surface area contributed by atoms with E-state index in [0.29, 0.717) is 13.2 Å². The number of nitrogens with zero attached hydrogens (tertiary/aromatic N) is 3. The van der Waals surface area contributed by atoms with Crippen molar-refractivity contribution < 1.29 is 9.22 Å². The van der Waals surface area contributed by atoms with Crippen molar-refractivity contribution in [2.45, 2.75) is 77.1 Å². The smallest absolute Gasteiger partial charge is 0.261 e. The predicted octanol–water partition coefficient (Wildman–Crippen LogP) is 6.95. The van der Waals surface area contributed by atoms with Crippen molar-refractivity contribution in [3.05, 3.63) is 82.8 Å². The van der Waals surface area contributed by atoms with Crippen LogP contribution in [0.15, 0.2) is 77.4 Å². The molecule has 0 atom stereocenters. The molecule has 2 aromatic rings. The molecule has 1 N–H and O–H groups in total. The summed E-state index contributed by atoms with van der Waals surface area (Å²) in [5.41, 5.74) is 9.95. The van der Waals surface area contributed by atoms with Crippen molar-refractivity contribution in [2.24, 2.45) is 5.11 Å². The lowest BCUT2D eigenvalue weighted by Gasteiger charge is -2.43. The van der Waals surface area contributed by atoms with E-state index in [2.05, 4.69) is 105 Å². The van der Waals surface area contributed by atoms with E-state index < -0.39 is 16.6 Å². The van der Waals surface area contributed by atoms with E-state index in [-0.39, 0.29) is 10.1 Å². The van der Waals surface area contributed by atoms with Gasteiger partial charge >= 0.3 is 0 Å². The zero-order chi connectivity index (χ0) is 26.2. The largest absolute Gasteiger partial charge is 0.432 e. The van der Waals surface area contributed by atoms with Gasteiger partial charge in [-0.1, -0.05) is 106 Å². The quantitative estimate of drug-likeness (QED) is 0.110. The summed E-state index contributed by atoms with van der Waals surface area (Å²) in [5, 5.41) is 6.08. The van der Waals surface area contributed by atoms with Gasteiger partial charge in [-0.15, -0.1) is 0 Å². The highest BCUT2D eigenvalue weighted by Gasteiger charge is 2.50. The van der Waals surface area contributed by atoms with Crippen LogP contribution < -0.4 is 10.4 Å². The topological polar surface area (TPSA) is 78.2 Å². The molecule has 0 radical (unpaired) electrons. The van der Waals surface area contributed by atoms with E-state index in [1.54, 1.807) is 0 Å². The summed E-state index contributed by atoms with van der Waals surface area (Å²) < 4.78 is 7.10. The molecule has 35 heavy (non-hydrogen) atoms. The molecular formula is C28H43N3O2Si2. The van der Waals surface area contributed by atoms with Crippen LogP contribution in [0.2, 0.25) is 23.2 Å². The average molecular weight is 510 g/mol. The first-order chi connectivity index (χ1) is 16.3. The summed E-state index contributed by atoms with van der Waals surface area (Å²) in [5.74, 6) is 0. The van der Waals surface area contributed by atoms with E-state index in [1.165, 1.54) is 10.4 Å². The lowest BCUT2D eigenvalue weighted by atomic mass is 10.0. The van der Waals surface area contributed by atoms with E-state index in [1.807, 2.05) is 19.2 Å². The molecule has 0 fully saturated rings. The summed E-state index contributed by atoms with van der Waals surface area (Å²) in [6.45, 7) is 16.0. The summed E-state index contributed by atoms with van der Waals surface area (Å²) in [6, 6.07) is 21.3. The molecule has 2 rings (SSSR count). The van der Waals surface area contributed by atoms with E-state index in [9.17, 15) is 4.80 Å². The van der Waals surface area contributed by atoms with Crippen molar-refractivity contribution in [1.82, 2.24) is 0 Å². The maximum atomic E-state index is 10.7. The van der Waals surface area contributed by atoms with Crippen LogP contribution in [0.1, 0.15) is 53.9 Å². The summed E-state index contributed by atoms with van der Waals surface area (Å²) >= 11 is 0. The highest BCUT2D eigenvalue weighted by atomic mass is 28.4. The highest BCUT2D eigenvalue weighted by molar-refractivity contribution is 6.99. The molecule has 0 aliphatic heterocycles. The minimum absolute atomic E-state index is 0.0677. The standard InChI is InChI=1S/C28H43N3O2Si2/c1-27(2,3)35(25-16-10-8-11-17-25,26-18-12-9-13-19-26)33-23-24(20-22-30-31-29)15-14-21-28(4,5)34(6,7)32/h8-13,16-20,32H,14-15,21-23H2,1-7H3/b24-20+. The second-order valence-electron chi connectivity index (χ2n) is 11.5. The van der Waals surface area contributed by atoms with Gasteiger partial charge in [0.15, 0.2) is 8.32 Å². The molecule has 0 aliphatic rings. The van der Waals surface area contributed by atoms with Crippen molar-refractivity contribution in [1.29, 1.82) is 0 Å². The molecule has 0 amide bonds. The Balaban J connectivity index is 2.39. The van der Waals surface area contributed by atoms with Gasteiger partial charge in [-0.3, -0.25) is 0 Å². The predicted molar refractivity (Wildman–Crippen MR) is 153 cm³/mol. The fourth-order valence-electron chi connectivity index (χ4n) is 4.47. The fourth-order valence-corrected chi connectivity index (χ4v) is 9.81. The van der Waals surface area contributed by atoms with Crippen LogP contribution in [-0.2, 0) is 4.43 Å². The molecule has 7 heteroatoms. The first kappa shape index (κ1) is 29.1. The van der Waals surface area contributed by atoms with Gasteiger partial charge in [0.2, 0.25) is 0 Å². The van der Waals surface area contributed by atoms with Crippen molar-refractivity contribution in [3.8, 4) is 0 Å². The molecule has 0 bridgehead atoms. The Labute approximate surface area is 214 Å². The van der Waals surface area contributed by atoms with Crippen LogP contribution in [0.5, 0.6) is 0 Å². The minimum Gasteiger partial charge on any atom is -0.432 e. The molecule has 0 unspecified atom stereocenters.